The molecule has 0 aliphatic heterocycles. The number of hydrogen-bond donors (Lipinski definition) is 1. The summed E-state index contributed by atoms with van der Waals surface area (Å²) in [6.45, 7) is 0. The molecule has 0 saturated carbocycles. The van der Waals surface area contributed by atoms with Crippen LogP contribution in [-0.4, -0.2) is 12.3 Å². The number of thioether (sulfide) groups is 1. The number of benzene rings is 2. The van der Waals surface area contributed by atoms with Crippen molar-refractivity contribution >= 4 is 11.8 Å². The third-order valence-corrected chi connectivity index (χ3v) is 6.12. The van der Waals surface area contributed by atoms with Gasteiger partial charge < -0.3 is 5.32 Å². The van der Waals surface area contributed by atoms with E-state index in [1.165, 1.54) is 41.7 Å². The molecule has 1 N–H and O–H groups in total. The molecule has 0 fully saturated rings. The van der Waals surface area contributed by atoms with E-state index in [9.17, 15) is 0 Å². The van der Waals surface area contributed by atoms with Gasteiger partial charge in [0.1, 0.15) is 0 Å². The van der Waals surface area contributed by atoms with E-state index in [-0.39, 0.29) is 0 Å². The van der Waals surface area contributed by atoms with Crippen molar-refractivity contribution in [3.63, 3.8) is 0 Å². The Kier molecular flexibility index (Phi) is 3.52. The Morgan fingerprint density at radius 1 is 1.00 bits per heavy atom. The van der Waals surface area contributed by atoms with Crippen molar-refractivity contribution in [1.29, 1.82) is 0 Å². The fraction of sp³-hybridized carbons (Fsp3) is 0.368. The highest BCUT2D eigenvalue weighted by molar-refractivity contribution is 8.00. The highest BCUT2D eigenvalue weighted by Crippen LogP contribution is 2.42. The first-order chi connectivity index (χ1) is 10.3. The molecule has 0 saturated heterocycles. The first-order valence-corrected chi connectivity index (χ1v) is 8.76. The summed E-state index contributed by atoms with van der Waals surface area (Å²) in [5.74, 6) is 0. The van der Waals surface area contributed by atoms with Crippen LogP contribution in [0.25, 0.3) is 0 Å². The summed E-state index contributed by atoms with van der Waals surface area (Å²) in [5, 5.41) is 4.13. The Morgan fingerprint density at radius 3 is 2.76 bits per heavy atom. The van der Waals surface area contributed by atoms with Crippen molar-refractivity contribution in [3.05, 3.63) is 64.7 Å². The van der Waals surface area contributed by atoms with E-state index in [1.807, 2.05) is 11.8 Å². The predicted molar refractivity (Wildman–Crippen MR) is 90.1 cm³/mol. The topological polar surface area (TPSA) is 12.0 Å². The summed E-state index contributed by atoms with van der Waals surface area (Å²) in [7, 11) is 2.09. The molecule has 2 heteroatoms. The lowest BCUT2D eigenvalue weighted by molar-refractivity contribution is 0.603. The molecule has 4 rings (SSSR count). The number of hydrogen-bond acceptors (Lipinski definition) is 2. The van der Waals surface area contributed by atoms with Crippen LogP contribution in [0.3, 0.4) is 0 Å². The van der Waals surface area contributed by atoms with Crippen LogP contribution >= 0.6 is 11.8 Å². The van der Waals surface area contributed by atoms with Crippen LogP contribution in [0.2, 0.25) is 0 Å². The van der Waals surface area contributed by atoms with Crippen LogP contribution in [0, 0.1) is 0 Å². The molecule has 2 aromatic rings. The zero-order chi connectivity index (χ0) is 14.2. The molecule has 0 radical (unpaired) electrons. The van der Waals surface area contributed by atoms with Gasteiger partial charge in [0.15, 0.2) is 0 Å². The summed E-state index contributed by atoms with van der Waals surface area (Å²) in [6.07, 6.45) is 5.04. The lowest BCUT2D eigenvalue weighted by Crippen LogP contribution is -2.23. The Balaban J connectivity index is 1.58. The Labute approximate surface area is 131 Å². The largest absolute Gasteiger partial charge is 0.312 e. The second kappa shape index (κ2) is 5.51. The van der Waals surface area contributed by atoms with Gasteiger partial charge in [-0.1, -0.05) is 30.3 Å². The molecule has 2 aliphatic rings. The lowest BCUT2D eigenvalue weighted by Gasteiger charge is -2.20. The lowest BCUT2D eigenvalue weighted by atomic mass is 10.1. The number of rotatable bonds is 3. The van der Waals surface area contributed by atoms with Gasteiger partial charge in [-0.3, -0.25) is 0 Å². The molecule has 2 atom stereocenters. The van der Waals surface area contributed by atoms with Crippen molar-refractivity contribution < 1.29 is 0 Å². The maximum atomic E-state index is 3.52. The van der Waals surface area contributed by atoms with Crippen molar-refractivity contribution in [1.82, 2.24) is 5.32 Å². The van der Waals surface area contributed by atoms with Gasteiger partial charge in [0.25, 0.3) is 0 Å². The molecule has 2 aromatic carbocycles. The van der Waals surface area contributed by atoms with Gasteiger partial charge in [0, 0.05) is 16.2 Å². The zero-order valence-corrected chi connectivity index (χ0v) is 13.2. The maximum absolute atomic E-state index is 3.52. The van der Waals surface area contributed by atoms with E-state index >= 15 is 0 Å². The fourth-order valence-corrected chi connectivity index (χ4v) is 5.19. The van der Waals surface area contributed by atoms with Crippen LogP contribution in [0.4, 0.5) is 0 Å². The predicted octanol–water partition coefficient (Wildman–Crippen LogP) is 4.15. The standard InChI is InChI=1S/C19H21NS/c1-20-19-17-8-3-2-5-15(17)12-18(19)21-16-10-9-13-6-4-7-14(13)11-16/h2-3,5,8-11,18-20H,4,6-7,12H2,1H3. The normalized spacial score (nSPS) is 23.1. The molecule has 21 heavy (non-hydrogen) atoms. The van der Waals surface area contributed by atoms with Crippen LogP contribution in [-0.2, 0) is 19.3 Å². The second-order valence-electron chi connectivity index (χ2n) is 6.11. The van der Waals surface area contributed by atoms with Crippen LogP contribution < -0.4 is 5.32 Å². The first kappa shape index (κ1) is 13.4. The molecule has 0 bridgehead atoms. The van der Waals surface area contributed by atoms with E-state index in [2.05, 4.69) is 54.8 Å². The van der Waals surface area contributed by atoms with E-state index < -0.39 is 0 Å². The Hall–Kier alpha value is -1.25. The minimum absolute atomic E-state index is 0.472. The molecule has 2 aliphatic carbocycles. The highest BCUT2D eigenvalue weighted by atomic mass is 32.2. The Bertz CT molecular complexity index is 664. The second-order valence-corrected chi connectivity index (χ2v) is 7.42. The van der Waals surface area contributed by atoms with Crippen LogP contribution in [0.5, 0.6) is 0 Å². The molecular formula is C19H21NS. The summed E-state index contributed by atoms with van der Waals surface area (Å²) >= 11 is 2.04. The number of fused-ring (bicyclic) bond motifs is 2. The van der Waals surface area contributed by atoms with Crippen LogP contribution in [0.1, 0.15) is 34.7 Å². The first-order valence-electron chi connectivity index (χ1n) is 7.88. The summed E-state index contributed by atoms with van der Waals surface area (Å²) < 4.78 is 0. The number of aryl methyl sites for hydroxylation is 2. The molecular weight excluding hydrogens is 274 g/mol. The van der Waals surface area contributed by atoms with Crippen LogP contribution in [0.15, 0.2) is 47.4 Å². The maximum Gasteiger partial charge on any atom is 0.0447 e. The van der Waals surface area contributed by atoms with E-state index in [0.29, 0.717) is 11.3 Å². The number of nitrogens with one attached hydrogen (secondary N) is 1. The average Bonchev–Trinajstić information content (AvgIpc) is 3.10. The van der Waals surface area contributed by atoms with Gasteiger partial charge in [0.2, 0.25) is 0 Å². The fourth-order valence-electron chi connectivity index (χ4n) is 3.81. The van der Waals surface area contributed by atoms with E-state index in [4.69, 9.17) is 0 Å². The minimum Gasteiger partial charge on any atom is -0.312 e. The van der Waals surface area contributed by atoms with E-state index in [0.717, 1.165) is 0 Å². The molecule has 0 aromatic heterocycles. The van der Waals surface area contributed by atoms with Crippen molar-refractivity contribution in [3.8, 4) is 0 Å². The monoisotopic (exact) mass is 295 g/mol. The van der Waals surface area contributed by atoms with Gasteiger partial charge >= 0.3 is 0 Å². The smallest absolute Gasteiger partial charge is 0.0447 e. The summed E-state index contributed by atoms with van der Waals surface area (Å²) in [5.41, 5.74) is 6.14. The molecule has 108 valence electrons. The summed E-state index contributed by atoms with van der Waals surface area (Å²) in [4.78, 5) is 1.44. The molecule has 0 heterocycles. The van der Waals surface area contributed by atoms with Gasteiger partial charge in [0.05, 0.1) is 0 Å². The van der Waals surface area contributed by atoms with Gasteiger partial charge in [-0.2, -0.15) is 0 Å². The molecule has 0 spiro atoms. The van der Waals surface area contributed by atoms with Gasteiger partial charge in [-0.25, -0.2) is 0 Å². The average molecular weight is 295 g/mol. The minimum atomic E-state index is 0.472. The SMILES string of the molecule is CNC1c2ccccc2CC1Sc1ccc2c(c1)CCC2. The third kappa shape index (κ3) is 2.41. The zero-order valence-electron chi connectivity index (χ0n) is 12.4. The van der Waals surface area contributed by atoms with Gasteiger partial charge in [-0.05, 0) is 67.1 Å². The van der Waals surface area contributed by atoms with Crippen molar-refractivity contribution in [2.75, 3.05) is 7.05 Å². The van der Waals surface area contributed by atoms with Gasteiger partial charge in [-0.15, -0.1) is 11.8 Å². The van der Waals surface area contributed by atoms with Crippen molar-refractivity contribution in [2.24, 2.45) is 0 Å². The quantitative estimate of drug-likeness (QED) is 0.913. The molecule has 1 nitrogen and oxygen atoms in total. The molecule has 0 amide bonds. The third-order valence-electron chi connectivity index (χ3n) is 4.85. The van der Waals surface area contributed by atoms with E-state index in [1.54, 1.807) is 11.1 Å². The Morgan fingerprint density at radius 2 is 1.86 bits per heavy atom. The summed E-state index contributed by atoms with van der Waals surface area (Å²) in [6, 6.07) is 16.5. The molecule has 2 unspecified atom stereocenters. The van der Waals surface area contributed by atoms with Crippen molar-refractivity contribution in [2.45, 2.75) is 41.9 Å². The highest BCUT2D eigenvalue weighted by Gasteiger charge is 2.31.